The summed E-state index contributed by atoms with van der Waals surface area (Å²) in [7, 11) is 1.56. The van der Waals surface area contributed by atoms with Gasteiger partial charge in [0.15, 0.2) is 0 Å². The van der Waals surface area contributed by atoms with Crippen molar-refractivity contribution in [3.63, 3.8) is 0 Å². The van der Waals surface area contributed by atoms with Crippen LogP contribution in [0.4, 0.5) is 0 Å². The van der Waals surface area contributed by atoms with Crippen molar-refractivity contribution in [2.24, 2.45) is 5.92 Å². The third kappa shape index (κ3) is 1.91. The number of aryl methyl sites for hydroxylation is 1. The van der Waals surface area contributed by atoms with Crippen molar-refractivity contribution in [3.05, 3.63) is 29.3 Å². The molecule has 18 heavy (non-hydrogen) atoms. The molecule has 1 N–H and O–H groups in total. The average Bonchev–Trinajstić information content (AvgIpc) is 3.11. The molecule has 1 saturated carbocycles. The lowest BCUT2D eigenvalue weighted by molar-refractivity contribution is -0.275. The van der Waals surface area contributed by atoms with Crippen molar-refractivity contribution in [1.82, 2.24) is 0 Å². The monoisotopic (exact) mass is 248 g/mol. The van der Waals surface area contributed by atoms with E-state index in [-0.39, 0.29) is 5.41 Å². The lowest BCUT2D eigenvalue weighted by Gasteiger charge is -2.18. The molecule has 1 spiro atoms. The molecule has 98 valence electrons. The van der Waals surface area contributed by atoms with Gasteiger partial charge in [0.1, 0.15) is 5.75 Å². The molecule has 0 amide bonds. The largest absolute Gasteiger partial charge is 0.508 e. The maximum absolute atomic E-state index is 9.75. The van der Waals surface area contributed by atoms with E-state index in [0.29, 0.717) is 18.3 Å². The summed E-state index contributed by atoms with van der Waals surface area (Å²) in [4.78, 5) is 9.83. The number of phenols is 1. The molecule has 0 saturated heterocycles. The zero-order valence-corrected chi connectivity index (χ0v) is 10.8. The van der Waals surface area contributed by atoms with Gasteiger partial charge in [-0.3, -0.25) is 0 Å². The van der Waals surface area contributed by atoms with Crippen LogP contribution in [0.25, 0.3) is 0 Å². The van der Waals surface area contributed by atoms with Gasteiger partial charge in [-0.25, -0.2) is 9.78 Å². The van der Waals surface area contributed by atoms with Gasteiger partial charge in [-0.1, -0.05) is 12.5 Å². The van der Waals surface area contributed by atoms with E-state index in [0.717, 1.165) is 12.8 Å². The Bertz CT molecular complexity index is 443. The van der Waals surface area contributed by atoms with E-state index in [4.69, 9.17) is 9.78 Å². The summed E-state index contributed by atoms with van der Waals surface area (Å²) in [5.74, 6) is 0.921. The van der Waals surface area contributed by atoms with E-state index in [1.165, 1.54) is 30.4 Å². The van der Waals surface area contributed by atoms with E-state index in [9.17, 15) is 5.11 Å². The van der Waals surface area contributed by atoms with Crippen molar-refractivity contribution in [2.75, 3.05) is 13.7 Å². The lowest BCUT2D eigenvalue weighted by Crippen LogP contribution is -2.13. The fourth-order valence-corrected chi connectivity index (χ4v) is 3.52. The molecule has 2 aliphatic rings. The second-order valence-corrected chi connectivity index (χ2v) is 5.56. The predicted molar refractivity (Wildman–Crippen MR) is 68.4 cm³/mol. The SMILES string of the molecule is COOC[C@H]1C[C@]12CCCCc1ccc(O)cc12. The summed E-state index contributed by atoms with van der Waals surface area (Å²) in [6.07, 6.45) is 6.01. The summed E-state index contributed by atoms with van der Waals surface area (Å²) >= 11 is 0. The Hall–Kier alpha value is -1.06. The molecule has 0 aliphatic heterocycles. The zero-order chi connectivity index (χ0) is 12.6. The molecular weight excluding hydrogens is 228 g/mol. The van der Waals surface area contributed by atoms with Crippen LogP contribution in [-0.4, -0.2) is 18.8 Å². The Kier molecular flexibility index (Phi) is 3.04. The molecular formula is C15H20O3. The third-order valence-corrected chi connectivity index (χ3v) is 4.57. The number of phenolic OH excluding ortho intramolecular Hbond substituents is 1. The van der Waals surface area contributed by atoms with Gasteiger partial charge in [-0.15, -0.1) is 0 Å². The van der Waals surface area contributed by atoms with Gasteiger partial charge in [-0.2, -0.15) is 0 Å². The fourth-order valence-electron chi connectivity index (χ4n) is 3.52. The normalized spacial score (nSPS) is 29.9. The highest BCUT2D eigenvalue weighted by atomic mass is 17.2. The second-order valence-electron chi connectivity index (χ2n) is 5.56. The Balaban J connectivity index is 1.90. The Morgan fingerprint density at radius 3 is 3.11 bits per heavy atom. The van der Waals surface area contributed by atoms with Crippen molar-refractivity contribution in [2.45, 2.75) is 37.5 Å². The quantitative estimate of drug-likeness (QED) is 0.660. The van der Waals surface area contributed by atoms with E-state index >= 15 is 0 Å². The van der Waals surface area contributed by atoms with Gasteiger partial charge in [-0.05, 0) is 54.9 Å². The molecule has 0 bridgehead atoms. The van der Waals surface area contributed by atoms with Gasteiger partial charge < -0.3 is 5.11 Å². The van der Waals surface area contributed by atoms with Gasteiger partial charge in [0.25, 0.3) is 0 Å². The molecule has 0 radical (unpaired) electrons. The molecule has 3 rings (SSSR count). The molecule has 1 aromatic rings. The summed E-state index contributed by atoms with van der Waals surface area (Å²) in [5, 5.41) is 9.75. The third-order valence-electron chi connectivity index (χ3n) is 4.57. The van der Waals surface area contributed by atoms with E-state index in [1.54, 1.807) is 13.2 Å². The Labute approximate surface area is 108 Å². The van der Waals surface area contributed by atoms with Crippen LogP contribution in [0.2, 0.25) is 0 Å². The summed E-state index contributed by atoms with van der Waals surface area (Å²) in [5.41, 5.74) is 3.00. The Morgan fingerprint density at radius 2 is 2.28 bits per heavy atom. The number of rotatable bonds is 3. The van der Waals surface area contributed by atoms with Crippen molar-refractivity contribution in [3.8, 4) is 5.75 Å². The summed E-state index contributed by atoms with van der Waals surface area (Å²) in [6, 6.07) is 5.86. The first kappa shape index (κ1) is 12.0. The maximum Gasteiger partial charge on any atom is 0.115 e. The fraction of sp³-hybridized carbons (Fsp3) is 0.600. The van der Waals surface area contributed by atoms with E-state index in [2.05, 4.69) is 6.07 Å². The van der Waals surface area contributed by atoms with Gasteiger partial charge in [0.05, 0.1) is 13.7 Å². The Morgan fingerprint density at radius 1 is 1.39 bits per heavy atom. The zero-order valence-electron chi connectivity index (χ0n) is 10.8. The molecule has 2 atom stereocenters. The number of aromatic hydroxyl groups is 1. The topological polar surface area (TPSA) is 38.7 Å². The summed E-state index contributed by atoms with van der Waals surface area (Å²) < 4.78 is 0. The van der Waals surface area contributed by atoms with Crippen LogP contribution in [0.5, 0.6) is 5.75 Å². The van der Waals surface area contributed by atoms with Crippen LogP contribution in [0, 0.1) is 5.92 Å². The highest BCUT2D eigenvalue weighted by Crippen LogP contribution is 2.60. The first-order valence-corrected chi connectivity index (χ1v) is 6.74. The highest BCUT2D eigenvalue weighted by Gasteiger charge is 2.56. The second kappa shape index (κ2) is 4.56. The lowest BCUT2D eigenvalue weighted by atomic mass is 9.87. The van der Waals surface area contributed by atoms with E-state index < -0.39 is 0 Å². The smallest absolute Gasteiger partial charge is 0.115 e. The van der Waals surface area contributed by atoms with Crippen LogP contribution < -0.4 is 0 Å². The van der Waals surface area contributed by atoms with Crippen molar-refractivity contribution >= 4 is 0 Å². The highest BCUT2D eigenvalue weighted by molar-refractivity contribution is 5.45. The van der Waals surface area contributed by atoms with Crippen LogP contribution in [0.1, 0.15) is 36.8 Å². The maximum atomic E-state index is 9.75. The van der Waals surface area contributed by atoms with Crippen LogP contribution in [0.3, 0.4) is 0 Å². The number of fused-ring (bicyclic) bond motifs is 2. The van der Waals surface area contributed by atoms with E-state index in [1.807, 2.05) is 6.07 Å². The minimum absolute atomic E-state index is 0.239. The van der Waals surface area contributed by atoms with Gasteiger partial charge in [0, 0.05) is 5.41 Å². The van der Waals surface area contributed by atoms with Gasteiger partial charge >= 0.3 is 0 Å². The molecule has 0 unspecified atom stereocenters. The molecule has 0 heterocycles. The van der Waals surface area contributed by atoms with Crippen LogP contribution in [-0.2, 0) is 21.6 Å². The minimum atomic E-state index is 0.239. The first-order chi connectivity index (χ1) is 8.76. The van der Waals surface area contributed by atoms with Crippen LogP contribution in [0.15, 0.2) is 18.2 Å². The number of benzene rings is 1. The molecule has 2 aliphatic carbocycles. The minimum Gasteiger partial charge on any atom is -0.508 e. The predicted octanol–water partition coefficient (Wildman–Crippen LogP) is 2.95. The number of hydrogen-bond donors (Lipinski definition) is 1. The molecule has 1 aromatic carbocycles. The molecule has 3 heteroatoms. The number of hydrogen-bond acceptors (Lipinski definition) is 3. The average molecular weight is 248 g/mol. The van der Waals surface area contributed by atoms with Crippen LogP contribution >= 0.6 is 0 Å². The van der Waals surface area contributed by atoms with Crippen molar-refractivity contribution in [1.29, 1.82) is 0 Å². The first-order valence-electron chi connectivity index (χ1n) is 6.74. The van der Waals surface area contributed by atoms with Crippen molar-refractivity contribution < 1.29 is 14.9 Å². The van der Waals surface area contributed by atoms with Gasteiger partial charge in [0.2, 0.25) is 0 Å². The summed E-state index contributed by atoms with van der Waals surface area (Å²) in [6.45, 7) is 0.658. The molecule has 3 nitrogen and oxygen atoms in total. The standard InChI is InChI=1S/C15H20O3/c1-17-18-10-12-9-15(12)7-3-2-4-11-5-6-13(16)8-14(11)15/h5-6,8,12,16H,2-4,7,9-10H2,1H3/t12-,15-/m1/s1. The molecule has 0 aromatic heterocycles. The molecule has 1 fully saturated rings.